The summed E-state index contributed by atoms with van der Waals surface area (Å²) >= 11 is 0. The maximum absolute atomic E-state index is 11.9. The summed E-state index contributed by atoms with van der Waals surface area (Å²) in [7, 11) is -2.94. The van der Waals surface area contributed by atoms with E-state index in [2.05, 4.69) is 16.0 Å². The highest BCUT2D eigenvalue weighted by molar-refractivity contribution is 7.91. The van der Waals surface area contributed by atoms with Crippen LogP contribution in [0.1, 0.15) is 47.2 Å². The monoisotopic (exact) mass is 411 g/mol. The van der Waals surface area contributed by atoms with Crippen LogP contribution in [-0.4, -0.2) is 44.7 Å². The highest BCUT2D eigenvalue weighted by Crippen LogP contribution is 2.28. The van der Waals surface area contributed by atoms with E-state index in [1.54, 1.807) is 6.33 Å². The van der Waals surface area contributed by atoms with E-state index in [0.29, 0.717) is 25.1 Å². The zero-order valence-electron chi connectivity index (χ0n) is 17.0. The Morgan fingerprint density at radius 2 is 1.76 bits per heavy atom. The lowest BCUT2D eigenvalue weighted by molar-refractivity contribution is 0.402. The Kier molecular flexibility index (Phi) is 5.21. The van der Waals surface area contributed by atoms with Crippen LogP contribution in [0.5, 0.6) is 0 Å². The Bertz CT molecular complexity index is 1120. The molecule has 2 aromatic heterocycles. The van der Waals surface area contributed by atoms with E-state index < -0.39 is 9.84 Å². The summed E-state index contributed by atoms with van der Waals surface area (Å²) < 4.78 is 25.7. The first-order valence-electron chi connectivity index (χ1n) is 9.82. The zero-order chi connectivity index (χ0) is 20.6. The molecule has 4 rings (SSSR count). The van der Waals surface area contributed by atoms with E-state index >= 15 is 0 Å². The number of nitrogens with zero attached hydrogens (tertiary/aromatic N) is 5. The summed E-state index contributed by atoms with van der Waals surface area (Å²) in [5.74, 6) is 1.89. The Morgan fingerprint density at radius 1 is 1.07 bits per heavy atom. The fraction of sp³-hybridized carbons (Fsp3) is 0.429. The number of hydrogen-bond donors (Lipinski definition) is 0. The minimum Gasteiger partial charge on any atom is -0.246 e. The standard InChI is InChI=1S/C21H25N5O2S/c1-14-5-4-6-17(11-14)21-24-20(12-19-15(2)22-13-23-16(19)3)26(25-21)18-7-9-29(27,28)10-8-18/h4-6,11,13,18H,7-10,12H2,1-3H3. The fourth-order valence-electron chi connectivity index (χ4n) is 3.83. The molecule has 1 aliphatic rings. The molecule has 1 aromatic carbocycles. The van der Waals surface area contributed by atoms with Gasteiger partial charge in [0.1, 0.15) is 22.0 Å². The van der Waals surface area contributed by atoms with Gasteiger partial charge in [0, 0.05) is 28.9 Å². The van der Waals surface area contributed by atoms with Crippen molar-refractivity contribution in [2.45, 2.75) is 46.1 Å². The van der Waals surface area contributed by atoms with Crippen molar-refractivity contribution in [1.29, 1.82) is 0 Å². The van der Waals surface area contributed by atoms with Gasteiger partial charge in [0.2, 0.25) is 0 Å². The molecule has 152 valence electrons. The SMILES string of the molecule is Cc1cccc(-c2nc(Cc3c(C)ncnc3C)n(C3CCS(=O)(=O)CC3)n2)c1. The second kappa shape index (κ2) is 7.67. The van der Waals surface area contributed by atoms with Crippen molar-refractivity contribution in [3.63, 3.8) is 0 Å². The van der Waals surface area contributed by atoms with Crippen LogP contribution in [0.25, 0.3) is 11.4 Å². The van der Waals surface area contributed by atoms with Crippen molar-refractivity contribution in [3.05, 3.63) is 58.9 Å². The lowest BCUT2D eigenvalue weighted by atomic mass is 10.1. The zero-order valence-corrected chi connectivity index (χ0v) is 17.8. The molecule has 0 radical (unpaired) electrons. The Labute approximate surface area is 171 Å². The topological polar surface area (TPSA) is 90.6 Å². The van der Waals surface area contributed by atoms with Crippen molar-refractivity contribution in [1.82, 2.24) is 24.7 Å². The predicted octanol–water partition coefficient (Wildman–Crippen LogP) is 3.00. The molecule has 1 aliphatic heterocycles. The van der Waals surface area contributed by atoms with Crippen molar-refractivity contribution in [2.24, 2.45) is 0 Å². The van der Waals surface area contributed by atoms with Crippen molar-refractivity contribution in [3.8, 4) is 11.4 Å². The Morgan fingerprint density at radius 3 is 2.41 bits per heavy atom. The first-order chi connectivity index (χ1) is 13.8. The maximum Gasteiger partial charge on any atom is 0.181 e. The van der Waals surface area contributed by atoms with Gasteiger partial charge in [0.15, 0.2) is 5.82 Å². The normalized spacial score (nSPS) is 16.8. The van der Waals surface area contributed by atoms with Gasteiger partial charge in [-0.25, -0.2) is 28.1 Å². The third-order valence-corrected chi connectivity index (χ3v) is 7.27. The van der Waals surface area contributed by atoms with Gasteiger partial charge in [-0.05, 0) is 39.7 Å². The van der Waals surface area contributed by atoms with E-state index in [9.17, 15) is 8.42 Å². The number of benzene rings is 1. The molecule has 1 fully saturated rings. The molecule has 0 aliphatic carbocycles. The van der Waals surface area contributed by atoms with Gasteiger partial charge >= 0.3 is 0 Å². The summed E-state index contributed by atoms with van der Waals surface area (Å²) in [6.07, 6.45) is 3.27. The molecular formula is C21H25N5O2S. The van der Waals surface area contributed by atoms with Gasteiger partial charge in [-0.15, -0.1) is 0 Å². The minimum atomic E-state index is -2.94. The van der Waals surface area contributed by atoms with Crippen LogP contribution in [0.4, 0.5) is 0 Å². The van der Waals surface area contributed by atoms with Crippen molar-refractivity contribution >= 4 is 9.84 Å². The molecule has 3 heterocycles. The largest absolute Gasteiger partial charge is 0.246 e. The molecule has 0 unspecified atom stereocenters. The van der Waals surface area contributed by atoms with E-state index in [0.717, 1.165) is 33.9 Å². The number of rotatable bonds is 4. The number of hydrogen-bond acceptors (Lipinski definition) is 6. The van der Waals surface area contributed by atoms with Crippen LogP contribution in [0.15, 0.2) is 30.6 Å². The summed E-state index contributed by atoms with van der Waals surface area (Å²) in [5.41, 5.74) is 5.00. The van der Waals surface area contributed by atoms with Crippen molar-refractivity contribution in [2.75, 3.05) is 11.5 Å². The fourth-order valence-corrected chi connectivity index (χ4v) is 5.30. The van der Waals surface area contributed by atoms with Gasteiger partial charge in [-0.2, -0.15) is 5.10 Å². The van der Waals surface area contributed by atoms with Crippen LogP contribution in [0, 0.1) is 20.8 Å². The molecule has 0 spiro atoms. The van der Waals surface area contributed by atoms with Crippen LogP contribution in [0.2, 0.25) is 0 Å². The average molecular weight is 412 g/mol. The predicted molar refractivity (Wildman–Crippen MR) is 111 cm³/mol. The van der Waals surface area contributed by atoms with Gasteiger partial charge < -0.3 is 0 Å². The Hall–Kier alpha value is -2.61. The van der Waals surface area contributed by atoms with Gasteiger partial charge in [-0.1, -0.05) is 23.8 Å². The lowest BCUT2D eigenvalue weighted by Gasteiger charge is -2.23. The molecule has 29 heavy (non-hydrogen) atoms. The maximum atomic E-state index is 11.9. The molecular weight excluding hydrogens is 386 g/mol. The number of sulfone groups is 1. The molecule has 1 saturated heterocycles. The highest BCUT2D eigenvalue weighted by atomic mass is 32.2. The van der Waals surface area contributed by atoms with E-state index in [1.807, 2.05) is 43.7 Å². The molecule has 0 bridgehead atoms. The van der Waals surface area contributed by atoms with Gasteiger partial charge in [0.25, 0.3) is 0 Å². The van der Waals surface area contributed by atoms with Gasteiger partial charge in [-0.3, -0.25) is 0 Å². The molecule has 0 saturated carbocycles. The van der Waals surface area contributed by atoms with E-state index in [1.165, 1.54) is 0 Å². The Balaban J connectivity index is 1.75. The first kappa shape index (κ1) is 19.7. The van der Waals surface area contributed by atoms with Crippen LogP contribution in [-0.2, 0) is 16.3 Å². The van der Waals surface area contributed by atoms with Crippen LogP contribution >= 0.6 is 0 Å². The molecule has 7 nitrogen and oxygen atoms in total. The third-order valence-electron chi connectivity index (χ3n) is 5.56. The number of aromatic nitrogens is 5. The van der Waals surface area contributed by atoms with Crippen LogP contribution in [0.3, 0.4) is 0 Å². The minimum absolute atomic E-state index is 0.0322. The second-order valence-corrected chi connectivity index (χ2v) is 10.1. The highest BCUT2D eigenvalue weighted by Gasteiger charge is 2.28. The smallest absolute Gasteiger partial charge is 0.181 e. The first-order valence-corrected chi connectivity index (χ1v) is 11.6. The number of aryl methyl sites for hydroxylation is 3. The van der Waals surface area contributed by atoms with E-state index in [4.69, 9.17) is 10.1 Å². The molecule has 0 N–H and O–H groups in total. The van der Waals surface area contributed by atoms with Crippen molar-refractivity contribution < 1.29 is 8.42 Å². The summed E-state index contributed by atoms with van der Waals surface area (Å²) in [5, 5.41) is 4.82. The molecule has 3 aromatic rings. The quantitative estimate of drug-likeness (QED) is 0.655. The summed E-state index contributed by atoms with van der Waals surface area (Å²) in [6.45, 7) is 5.99. The third kappa shape index (κ3) is 4.22. The van der Waals surface area contributed by atoms with Crippen LogP contribution < -0.4 is 0 Å². The van der Waals surface area contributed by atoms with Gasteiger partial charge in [0.05, 0.1) is 17.5 Å². The summed E-state index contributed by atoms with van der Waals surface area (Å²) in [6, 6.07) is 8.14. The van der Waals surface area contributed by atoms with E-state index in [-0.39, 0.29) is 17.5 Å². The molecule has 0 atom stereocenters. The molecule has 0 amide bonds. The average Bonchev–Trinajstić information content (AvgIpc) is 3.09. The lowest BCUT2D eigenvalue weighted by Crippen LogP contribution is -2.27. The molecule has 8 heteroatoms. The summed E-state index contributed by atoms with van der Waals surface area (Å²) in [4.78, 5) is 13.5. The second-order valence-electron chi connectivity index (χ2n) is 7.75.